The van der Waals surface area contributed by atoms with E-state index in [1.165, 1.54) is 0 Å². The van der Waals surface area contributed by atoms with Crippen LogP contribution in [-0.4, -0.2) is 10.1 Å². The first-order valence-corrected chi connectivity index (χ1v) is 6.36. The summed E-state index contributed by atoms with van der Waals surface area (Å²) in [6.45, 7) is 2.07. The van der Waals surface area contributed by atoms with Crippen LogP contribution in [0.4, 0.5) is 0 Å². The highest BCUT2D eigenvalue weighted by Crippen LogP contribution is 2.27. The average Bonchev–Trinajstić information content (AvgIpc) is 3.05. The molecule has 98 valence electrons. The highest BCUT2D eigenvalue weighted by molar-refractivity contribution is 5.81. The minimum absolute atomic E-state index is 0.188. The zero-order valence-corrected chi connectivity index (χ0v) is 10.7. The van der Waals surface area contributed by atoms with E-state index in [1.54, 1.807) is 0 Å². The number of fused-ring (bicyclic) bond motifs is 1. The summed E-state index contributed by atoms with van der Waals surface area (Å²) < 4.78 is 10.9. The lowest BCUT2D eigenvalue weighted by atomic mass is 10.2. The fourth-order valence-corrected chi connectivity index (χ4v) is 2.01. The number of benzene rings is 1. The smallest absolute Gasteiger partial charge is 0.293 e. The van der Waals surface area contributed by atoms with Crippen LogP contribution in [0.1, 0.15) is 31.6 Å². The quantitative estimate of drug-likeness (QED) is 0.776. The molecule has 0 spiro atoms. The fourth-order valence-electron chi connectivity index (χ4n) is 2.01. The third kappa shape index (κ3) is 2.24. The van der Waals surface area contributed by atoms with Gasteiger partial charge in [0.1, 0.15) is 5.58 Å². The Morgan fingerprint density at radius 2 is 2.16 bits per heavy atom. The second kappa shape index (κ2) is 4.85. The molecule has 2 aromatic heterocycles. The van der Waals surface area contributed by atoms with E-state index in [0.29, 0.717) is 17.5 Å². The van der Waals surface area contributed by atoms with E-state index in [9.17, 15) is 0 Å². The molecule has 0 saturated carbocycles. The summed E-state index contributed by atoms with van der Waals surface area (Å²) in [5.41, 5.74) is 6.76. The number of furan rings is 1. The Balaban J connectivity index is 1.93. The monoisotopic (exact) mass is 257 g/mol. The molecule has 0 bridgehead atoms. The number of rotatable bonds is 4. The molecular formula is C14H15N3O2. The summed E-state index contributed by atoms with van der Waals surface area (Å²) in [5, 5.41) is 4.92. The van der Waals surface area contributed by atoms with Gasteiger partial charge < -0.3 is 14.7 Å². The Morgan fingerprint density at radius 1 is 1.32 bits per heavy atom. The fraction of sp³-hybridized carbons (Fsp3) is 0.286. The molecule has 0 aliphatic carbocycles. The Hall–Kier alpha value is -2.14. The van der Waals surface area contributed by atoms with Crippen molar-refractivity contribution in [2.24, 2.45) is 5.73 Å². The van der Waals surface area contributed by atoms with Gasteiger partial charge in [-0.25, -0.2) is 0 Å². The van der Waals surface area contributed by atoms with E-state index < -0.39 is 0 Å². The van der Waals surface area contributed by atoms with Gasteiger partial charge in [-0.1, -0.05) is 36.7 Å². The molecule has 0 radical (unpaired) electrons. The second-order valence-corrected chi connectivity index (χ2v) is 4.50. The van der Waals surface area contributed by atoms with Crippen LogP contribution in [0.2, 0.25) is 0 Å². The van der Waals surface area contributed by atoms with E-state index in [4.69, 9.17) is 14.7 Å². The number of aromatic nitrogens is 2. The van der Waals surface area contributed by atoms with E-state index in [2.05, 4.69) is 17.1 Å². The van der Waals surface area contributed by atoms with Crippen molar-refractivity contribution in [2.45, 2.75) is 25.8 Å². The zero-order valence-electron chi connectivity index (χ0n) is 10.7. The molecular weight excluding hydrogens is 242 g/mol. The molecule has 19 heavy (non-hydrogen) atoms. The summed E-state index contributed by atoms with van der Waals surface area (Å²) in [7, 11) is 0. The standard InChI is InChI=1S/C14H15N3O2/c1-2-5-10(15)13-16-14(19-17-13)12-8-9-6-3-4-7-11(9)18-12/h3-4,6-8,10H,2,5,15H2,1H3. The molecule has 2 heterocycles. The number of nitrogens with two attached hydrogens (primary N) is 1. The molecule has 0 saturated heterocycles. The Morgan fingerprint density at radius 3 is 2.95 bits per heavy atom. The van der Waals surface area contributed by atoms with Crippen LogP contribution in [0.15, 0.2) is 39.3 Å². The third-order valence-electron chi connectivity index (χ3n) is 3.01. The Labute approximate surface area is 110 Å². The van der Waals surface area contributed by atoms with Gasteiger partial charge in [0.25, 0.3) is 5.89 Å². The van der Waals surface area contributed by atoms with Gasteiger partial charge in [-0.2, -0.15) is 4.98 Å². The predicted octanol–water partition coefficient (Wildman–Crippen LogP) is 3.28. The van der Waals surface area contributed by atoms with Crippen LogP contribution in [-0.2, 0) is 0 Å². The molecule has 3 aromatic rings. The molecule has 1 aromatic carbocycles. The molecule has 1 unspecified atom stereocenters. The third-order valence-corrected chi connectivity index (χ3v) is 3.01. The molecule has 5 heteroatoms. The lowest BCUT2D eigenvalue weighted by Gasteiger charge is -2.02. The summed E-state index contributed by atoms with van der Waals surface area (Å²) in [5.74, 6) is 1.47. The van der Waals surface area contributed by atoms with Crippen molar-refractivity contribution in [3.8, 4) is 11.7 Å². The molecule has 1 atom stereocenters. The minimum Gasteiger partial charge on any atom is -0.451 e. The molecule has 2 N–H and O–H groups in total. The maximum absolute atomic E-state index is 5.96. The lowest BCUT2D eigenvalue weighted by Crippen LogP contribution is -2.11. The Bertz CT molecular complexity index is 654. The predicted molar refractivity (Wildman–Crippen MR) is 71.3 cm³/mol. The van der Waals surface area contributed by atoms with Gasteiger partial charge in [0.15, 0.2) is 11.6 Å². The van der Waals surface area contributed by atoms with Gasteiger partial charge >= 0.3 is 0 Å². The van der Waals surface area contributed by atoms with Crippen molar-refractivity contribution in [3.63, 3.8) is 0 Å². The van der Waals surface area contributed by atoms with Gasteiger partial charge in [0, 0.05) is 5.39 Å². The van der Waals surface area contributed by atoms with Gasteiger partial charge in [-0.05, 0) is 18.6 Å². The number of hydrogen-bond acceptors (Lipinski definition) is 5. The lowest BCUT2D eigenvalue weighted by molar-refractivity contribution is 0.404. The van der Waals surface area contributed by atoms with Crippen LogP contribution < -0.4 is 5.73 Å². The van der Waals surface area contributed by atoms with E-state index in [-0.39, 0.29) is 6.04 Å². The highest BCUT2D eigenvalue weighted by atomic mass is 16.5. The zero-order chi connectivity index (χ0) is 13.2. The van der Waals surface area contributed by atoms with Crippen LogP contribution in [0.25, 0.3) is 22.6 Å². The molecule has 3 rings (SSSR count). The van der Waals surface area contributed by atoms with Crippen LogP contribution in [0.5, 0.6) is 0 Å². The van der Waals surface area contributed by atoms with E-state index in [0.717, 1.165) is 23.8 Å². The highest BCUT2D eigenvalue weighted by Gasteiger charge is 2.17. The van der Waals surface area contributed by atoms with Crippen molar-refractivity contribution < 1.29 is 8.94 Å². The van der Waals surface area contributed by atoms with Gasteiger partial charge in [-0.15, -0.1) is 0 Å². The van der Waals surface area contributed by atoms with Gasteiger partial charge in [0.05, 0.1) is 6.04 Å². The minimum atomic E-state index is -0.188. The van der Waals surface area contributed by atoms with Crippen molar-refractivity contribution in [2.75, 3.05) is 0 Å². The molecule has 0 aliphatic rings. The van der Waals surface area contributed by atoms with Gasteiger partial charge in [0.2, 0.25) is 0 Å². The molecule has 0 amide bonds. The van der Waals surface area contributed by atoms with Crippen LogP contribution in [0, 0.1) is 0 Å². The number of para-hydroxylation sites is 1. The molecule has 0 fully saturated rings. The second-order valence-electron chi connectivity index (χ2n) is 4.50. The van der Waals surface area contributed by atoms with Crippen molar-refractivity contribution in [1.29, 1.82) is 0 Å². The van der Waals surface area contributed by atoms with Crippen LogP contribution >= 0.6 is 0 Å². The van der Waals surface area contributed by atoms with Crippen LogP contribution in [0.3, 0.4) is 0 Å². The first-order valence-electron chi connectivity index (χ1n) is 6.36. The maximum atomic E-state index is 5.96. The summed E-state index contributed by atoms with van der Waals surface area (Å²) >= 11 is 0. The first kappa shape index (κ1) is 11.9. The van der Waals surface area contributed by atoms with Crippen molar-refractivity contribution >= 4 is 11.0 Å². The average molecular weight is 257 g/mol. The van der Waals surface area contributed by atoms with Crippen molar-refractivity contribution in [1.82, 2.24) is 10.1 Å². The largest absolute Gasteiger partial charge is 0.451 e. The maximum Gasteiger partial charge on any atom is 0.293 e. The van der Waals surface area contributed by atoms with Crippen molar-refractivity contribution in [3.05, 3.63) is 36.2 Å². The summed E-state index contributed by atoms with van der Waals surface area (Å²) in [6.07, 6.45) is 1.81. The van der Waals surface area contributed by atoms with E-state index in [1.807, 2.05) is 30.3 Å². The molecule has 0 aliphatic heterocycles. The normalized spacial score (nSPS) is 12.9. The molecule has 5 nitrogen and oxygen atoms in total. The first-order chi connectivity index (χ1) is 9.28. The topological polar surface area (TPSA) is 78.1 Å². The summed E-state index contributed by atoms with van der Waals surface area (Å²) in [4.78, 5) is 4.30. The van der Waals surface area contributed by atoms with Gasteiger partial charge in [-0.3, -0.25) is 0 Å². The van der Waals surface area contributed by atoms with E-state index >= 15 is 0 Å². The summed E-state index contributed by atoms with van der Waals surface area (Å²) in [6, 6.07) is 9.45. The Kier molecular flexibility index (Phi) is 3.05. The number of hydrogen-bond donors (Lipinski definition) is 1. The number of nitrogens with zero attached hydrogens (tertiary/aromatic N) is 2. The SMILES string of the molecule is CCCC(N)c1noc(-c2cc3ccccc3o2)n1.